The van der Waals surface area contributed by atoms with E-state index in [4.69, 9.17) is 0 Å². The molecular weight excluding hydrogens is 363 g/mol. The summed E-state index contributed by atoms with van der Waals surface area (Å²) < 4.78 is 16.3. The van der Waals surface area contributed by atoms with Crippen LogP contribution in [0.1, 0.15) is 30.3 Å². The second-order valence-corrected chi connectivity index (χ2v) is 6.62. The SMILES string of the molecule is O=C(Nc1cccn(Cc2ccc(F)cc2)c1=O)NC1CCCn2ncnc21. The summed E-state index contributed by atoms with van der Waals surface area (Å²) in [6.07, 6.45) is 4.74. The molecule has 0 saturated heterocycles. The fourth-order valence-electron chi connectivity index (χ4n) is 3.29. The van der Waals surface area contributed by atoms with Crippen LogP contribution in [0.4, 0.5) is 14.9 Å². The number of fused-ring (bicyclic) bond motifs is 1. The van der Waals surface area contributed by atoms with E-state index in [1.54, 1.807) is 35.1 Å². The van der Waals surface area contributed by atoms with Crippen molar-refractivity contribution in [3.63, 3.8) is 0 Å². The lowest BCUT2D eigenvalue weighted by Crippen LogP contribution is -2.37. The number of pyridine rings is 1. The quantitative estimate of drug-likeness (QED) is 0.724. The fourth-order valence-corrected chi connectivity index (χ4v) is 3.29. The van der Waals surface area contributed by atoms with Gasteiger partial charge in [-0.3, -0.25) is 4.79 Å². The summed E-state index contributed by atoms with van der Waals surface area (Å²) in [4.78, 5) is 29.2. The van der Waals surface area contributed by atoms with Gasteiger partial charge in [-0.15, -0.1) is 0 Å². The first-order valence-corrected chi connectivity index (χ1v) is 8.99. The van der Waals surface area contributed by atoms with Crippen LogP contribution in [0.2, 0.25) is 0 Å². The maximum absolute atomic E-state index is 13.0. The number of hydrogen-bond acceptors (Lipinski definition) is 4. The molecule has 1 aliphatic heterocycles. The van der Waals surface area contributed by atoms with Crippen molar-refractivity contribution in [2.45, 2.75) is 32.0 Å². The van der Waals surface area contributed by atoms with Gasteiger partial charge in [0.15, 0.2) is 0 Å². The number of carbonyl (C=O) groups excluding carboxylic acids is 1. The highest BCUT2D eigenvalue weighted by Gasteiger charge is 2.24. The summed E-state index contributed by atoms with van der Waals surface area (Å²) >= 11 is 0. The third-order valence-electron chi connectivity index (χ3n) is 4.66. The number of rotatable bonds is 4. The second-order valence-electron chi connectivity index (χ2n) is 6.62. The van der Waals surface area contributed by atoms with E-state index in [1.165, 1.54) is 23.0 Å². The highest BCUT2D eigenvalue weighted by atomic mass is 19.1. The average Bonchev–Trinajstić information content (AvgIpc) is 3.17. The largest absolute Gasteiger partial charge is 0.328 e. The highest BCUT2D eigenvalue weighted by Crippen LogP contribution is 2.21. The third-order valence-corrected chi connectivity index (χ3v) is 4.66. The molecule has 1 aromatic carbocycles. The van der Waals surface area contributed by atoms with E-state index in [-0.39, 0.29) is 29.7 Å². The summed E-state index contributed by atoms with van der Waals surface area (Å²) in [5, 5.41) is 9.59. The van der Waals surface area contributed by atoms with Crippen molar-refractivity contribution in [3.8, 4) is 0 Å². The van der Waals surface area contributed by atoms with Crippen molar-refractivity contribution in [3.05, 3.63) is 76.5 Å². The van der Waals surface area contributed by atoms with Gasteiger partial charge in [-0.1, -0.05) is 12.1 Å². The lowest BCUT2D eigenvalue weighted by molar-refractivity contribution is 0.244. The molecule has 0 fully saturated rings. The van der Waals surface area contributed by atoms with Gasteiger partial charge in [0, 0.05) is 12.7 Å². The van der Waals surface area contributed by atoms with Crippen LogP contribution >= 0.6 is 0 Å². The summed E-state index contributed by atoms with van der Waals surface area (Å²) in [6, 6.07) is 8.43. The molecule has 3 heterocycles. The minimum absolute atomic E-state index is 0.166. The maximum Gasteiger partial charge on any atom is 0.319 e. The Morgan fingerprint density at radius 1 is 1.25 bits per heavy atom. The fraction of sp³-hybridized carbons (Fsp3) is 0.263. The van der Waals surface area contributed by atoms with Gasteiger partial charge in [0.2, 0.25) is 0 Å². The Balaban J connectivity index is 1.46. The number of urea groups is 1. The van der Waals surface area contributed by atoms with Gasteiger partial charge >= 0.3 is 6.03 Å². The number of benzene rings is 1. The van der Waals surface area contributed by atoms with E-state index in [2.05, 4.69) is 20.7 Å². The van der Waals surface area contributed by atoms with Crippen molar-refractivity contribution < 1.29 is 9.18 Å². The first-order chi connectivity index (χ1) is 13.6. The van der Waals surface area contributed by atoms with Gasteiger partial charge in [-0.2, -0.15) is 5.10 Å². The number of nitrogens with zero attached hydrogens (tertiary/aromatic N) is 4. The maximum atomic E-state index is 13.0. The monoisotopic (exact) mass is 382 g/mol. The van der Waals surface area contributed by atoms with Crippen LogP contribution in [-0.2, 0) is 13.1 Å². The predicted molar refractivity (Wildman–Crippen MR) is 100 cm³/mol. The van der Waals surface area contributed by atoms with E-state index in [1.807, 2.05) is 0 Å². The number of anilines is 1. The molecule has 1 aliphatic rings. The summed E-state index contributed by atoms with van der Waals surface area (Å²) in [6.45, 7) is 1.06. The molecular formula is C19H19FN6O2. The molecule has 8 nitrogen and oxygen atoms in total. The van der Waals surface area contributed by atoms with Gasteiger partial charge in [-0.25, -0.2) is 18.9 Å². The minimum Gasteiger partial charge on any atom is -0.328 e. The zero-order chi connectivity index (χ0) is 19.5. The molecule has 2 aromatic heterocycles. The van der Waals surface area contributed by atoms with Gasteiger partial charge < -0.3 is 15.2 Å². The number of nitrogens with one attached hydrogen (secondary N) is 2. The molecule has 28 heavy (non-hydrogen) atoms. The molecule has 0 saturated carbocycles. The minimum atomic E-state index is -0.474. The molecule has 0 aliphatic carbocycles. The third kappa shape index (κ3) is 3.78. The van der Waals surface area contributed by atoms with Crippen molar-refractivity contribution >= 4 is 11.7 Å². The van der Waals surface area contributed by atoms with Crippen molar-refractivity contribution in [1.29, 1.82) is 0 Å². The number of aromatic nitrogens is 4. The van der Waals surface area contributed by atoms with Crippen LogP contribution in [0.15, 0.2) is 53.7 Å². The van der Waals surface area contributed by atoms with Gasteiger partial charge in [-0.05, 0) is 42.7 Å². The number of aryl methyl sites for hydroxylation is 1. The first-order valence-electron chi connectivity index (χ1n) is 8.99. The first kappa shape index (κ1) is 17.9. The van der Waals surface area contributed by atoms with Crippen molar-refractivity contribution in [1.82, 2.24) is 24.6 Å². The zero-order valence-corrected chi connectivity index (χ0v) is 15.0. The molecule has 0 bridgehead atoms. The van der Waals surface area contributed by atoms with Gasteiger partial charge in [0.1, 0.15) is 23.7 Å². The summed E-state index contributed by atoms with van der Waals surface area (Å²) in [7, 11) is 0. The average molecular weight is 382 g/mol. The molecule has 1 unspecified atom stereocenters. The van der Waals surface area contributed by atoms with Crippen LogP contribution in [-0.4, -0.2) is 25.4 Å². The highest BCUT2D eigenvalue weighted by molar-refractivity contribution is 5.89. The molecule has 2 amide bonds. The molecule has 2 N–H and O–H groups in total. The van der Waals surface area contributed by atoms with E-state index >= 15 is 0 Å². The molecule has 4 rings (SSSR count). The Hall–Kier alpha value is -3.49. The molecule has 3 aromatic rings. The zero-order valence-electron chi connectivity index (χ0n) is 15.0. The number of halogens is 1. The standard InChI is InChI=1S/C19H19FN6O2/c20-14-7-5-13(6-8-14)11-25-9-1-4-16(18(25)27)24-19(28)23-15-3-2-10-26-17(15)21-12-22-26/h1,4-9,12,15H,2-3,10-11H2,(H2,23,24,28). The Bertz CT molecular complexity index is 1040. The van der Waals surface area contributed by atoms with E-state index in [9.17, 15) is 14.0 Å². The smallest absolute Gasteiger partial charge is 0.319 e. The topological polar surface area (TPSA) is 93.8 Å². The van der Waals surface area contributed by atoms with Gasteiger partial charge in [0.05, 0.1) is 12.6 Å². The molecule has 0 radical (unpaired) electrons. The molecule has 1 atom stereocenters. The van der Waals surface area contributed by atoms with Crippen LogP contribution in [0.5, 0.6) is 0 Å². The second kappa shape index (κ2) is 7.63. The van der Waals surface area contributed by atoms with Crippen molar-refractivity contribution in [2.24, 2.45) is 0 Å². The Morgan fingerprint density at radius 3 is 2.89 bits per heavy atom. The number of hydrogen-bond donors (Lipinski definition) is 2. The van der Waals surface area contributed by atoms with Crippen LogP contribution in [0.25, 0.3) is 0 Å². The van der Waals surface area contributed by atoms with E-state index in [0.29, 0.717) is 5.82 Å². The molecule has 9 heteroatoms. The van der Waals surface area contributed by atoms with Crippen LogP contribution in [0, 0.1) is 5.82 Å². The van der Waals surface area contributed by atoms with E-state index in [0.717, 1.165) is 24.9 Å². The lowest BCUT2D eigenvalue weighted by atomic mass is 10.1. The van der Waals surface area contributed by atoms with Crippen molar-refractivity contribution in [2.75, 3.05) is 5.32 Å². The molecule has 144 valence electrons. The number of carbonyl (C=O) groups is 1. The van der Waals surface area contributed by atoms with Crippen LogP contribution in [0.3, 0.4) is 0 Å². The Morgan fingerprint density at radius 2 is 2.07 bits per heavy atom. The summed E-state index contributed by atoms with van der Waals surface area (Å²) in [5.41, 5.74) is 0.611. The van der Waals surface area contributed by atoms with E-state index < -0.39 is 6.03 Å². The van der Waals surface area contributed by atoms with Gasteiger partial charge in [0.25, 0.3) is 5.56 Å². The number of amides is 2. The normalized spacial score (nSPS) is 15.7. The predicted octanol–water partition coefficient (Wildman–Crippen LogP) is 2.28. The molecule has 0 spiro atoms. The lowest BCUT2D eigenvalue weighted by Gasteiger charge is -2.23. The van der Waals surface area contributed by atoms with Crippen LogP contribution < -0.4 is 16.2 Å². The Labute approximate surface area is 160 Å². The summed E-state index contributed by atoms with van der Waals surface area (Å²) in [5.74, 6) is 0.380. The Kier molecular flexibility index (Phi) is 4.88.